The molecule has 0 fully saturated rings. The van der Waals surface area contributed by atoms with Crippen LogP contribution in [0.15, 0.2) is 73.3 Å². The number of hydrogen-bond acceptors (Lipinski definition) is 5. The maximum absolute atomic E-state index is 5.93. The summed E-state index contributed by atoms with van der Waals surface area (Å²) in [6, 6.07) is 15.8. The lowest BCUT2D eigenvalue weighted by atomic mass is 10.1. The highest BCUT2D eigenvalue weighted by molar-refractivity contribution is 5.78. The number of rotatable bonds is 5. The molecule has 4 aromatic heterocycles. The Morgan fingerprint density at radius 3 is 2.57 bits per heavy atom. The van der Waals surface area contributed by atoms with E-state index in [9.17, 15) is 0 Å². The van der Waals surface area contributed by atoms with E-state index in [4.69, 9.17) is 4.74 Å². The summed E-state index contributed by atoms with van der Waals surface area (Å²) in [5.41, 5.74) is 5.73. The molecule has 0 amide bonds. The number of aryl methyl sites for hydroxylation is 2. The molecule has 0 saturated heterocycles. The molecule has 7 nitrogen and oxygen atoms in total. The van der Waals surface area contributed by atoms with Gasteiger partial charge in [0.15, 0.2) is 0 Å². The summed E-state index contributed by atoms with van der Waals surface area (Å²) in [4.78, 5) is 13.3. The molecule has 4 heterocycles. The van der Waals surface area contributed by atoms with Crippen LogP contribution < -0.4 is 4.74 Å². The van der Waals surface area contributed by atoms with Gasteiger partial charge in [0.1, 0.15) is 23.9 Å². The Morgan fingerprint density at radius 1 is 0.967 bits per heavy atom. The molecule has 5 rings (SSSR count). The van der Waals surface area contributed by atoms with Gasteiger partial charge in [-0.15, -0.1) is 0 Å². The van der Waals surface area contributed by atoms with Crippen molar-refractivity contribution in [2.75, 3.05) is 0 Å². The second-order valence-corrected chi connectivity index (χ2v) is 7.04. The van der Waals surface area contributed by atoms with Crippen LogP contribution >= 0.6 is 0 Å². The highest BCUT2D eigenvalue weighted by Crippen LogP contribution is 2.30. The average molecular weight is 396 g/mol. The number of ether oxygens (including phenoxy) is 1. The molecule has 30 heavy (non-hydrogen) atoms. The predicted octanol–water partition coefficient (Wildman–Crippen LogP) is 4.01. The molecule has 0 unspecified atom stereocenters. The second kappa shape index (κ2) is 7.44. The zero-order chi connectivity index (χ0) is 20.5. The van der Waals surface area contributed by atoms with Gasteiger partial charge < -0.3 is 9.30 Å². The van der Waals surface area contributed by atoms with Gasteiger partial charge in [-0.25, -0.2) is 4.98 Å². The van der Waals surface area contributed by atoms with E-state index >= 15 is 0 Å². The third-order valence-electron chi connectivity index (χ3n) is 5.05. The normalized spacial score (nSPS) is 11.1. The van der Waals surface area contributed by atoms with E-state index in [1.54, 1.807) is 23.3 Å². The highest BCUT2D eigenvalue weighted by atomic mass is 16.5. The first-order valence-electron chi connectivity index (χ1n) is 9.62. The standard InChI is InChI=1S/C23H20N6O/c1-28-14-18(16-9-11-24-12-10-16)23(27-28)20-8-7-17(13-25-20)30-15-22-26-19-5-3-4-6-21(19)29(22)2/h3-14H,15H2,1-2H3. The molecule has 0 N–H and O–H groups in total. The molecule has 148 valence electrons. The van der Waals surface area contributed by atoms with Crippen LogP contribution in [-0.4, -0.2) is 29.3 Å². The summed E-state index contributed by atoms with van der Waals surface area (Å²) in [6.45, 7) is 0.373. The van der Waals surface area contributed by atoms with Gasteiger partial charge in [-0.2, -0.15) is 5.10 Å². The molecule has 1 aromatic carbocycles. The average Bonchev–Trinajstić information content (AvgIpc) is 3.33. The minimum atomic E-state index is 0.373. The van der Waals surface area contributed by atoms with E-state index in [1.807, 2.05) is 67.3 Å². The number of hydrogen-bond donors (Lipinski definition) is 0. The molecule has 0 spiro atoms. The fourth-order valence-electron chi connectivity index (χ4n) is 3.50. The summed E-state index contributed by atoms with van der Waals surface area (Å²) in [6.07, 6.45) is 7.26. The zero-order valence-corrected chi connectivity index (χ0v) is 16.7. The molecule has 0 saturated carbocycles. The van der Waals surface area contributed by atoms with Crippen LogP contribution in [0.1, 0.15) is 5.82 Å². The van der Waals surface area contributed by atoms with Crippen molar-refractivity contribution < 1.29 is 4.74 Å². The summed E-state index contributed by atoms with van der Waals surface area (Å²) < 4.78 is 9.78. The van der Waals surface area contributed by atoms with Crippen LogP contribution in [0, 0.1) is 0 Å². The lowest BCUT2D eigenvalue weighted by molar-refractivity contribution is 0.291. The number of para-hydroxylation sites is 2. The summed E-state index contributed by atoms with van der Waals surface area (Å²) in [5, 5.41) is 4.60. The Morgan fingerprint density at radius 2 is 1.80 bits per heavy atom. The van der Waals surface area contributed by atoms with Gasteiger partial charge in [-0.1, -0.05) is 12.1 Å². The predicted molar refractivity (Wildman–Crippen MR) is 115 cm³/mol. The van der Waals surface area contributed by atoms with Crippen molar-refractivity contribution in [3.8, 4) is 28.3 Å². The lowest BCUT2D eigenvalue weighted by Gasteiger charge is -2.07. The molecule has 0 aliphatic heterocycles. The lowest BCUT2D eigenvalue weighted by Crippen LogP contribution is -2.03. The Hall–Kier alpha value is -4.00. The zero-order valence-electron chi connectivity index (χ0n) is 16.7. The highest BCUT2D eigenvalue weighted by Gasteiger charge is 2.14. The number of fused-ring (bicyclic) bond motifs is 1. The fourth-order valence-corrected chi connectivity index (χ4v) is 3.50. The maximum atomic E-state index is 5.93. The Labute approximate surface area is 173 Å². The van der Waals surface area contributed by atoms with E-state index in [0.29, 0.717) is 12.4 Å². The maximum Gasteiger partial charge on any atom is 0.147 e. The number of benzene rings is 1. The van der Waals surface area contributed by atoms with Gasteiger partial charge in [0.25, 0.3) is 0 Å². The number of pyridine rings is 2. The van der Waals surface area contributed by atoms with Gasteiger partial charge in [0, 0.05) is 38.2 Å². The molecular weight excluding hydrogens is 376 g/mol. The Kier molecular flexibility index (Phi) is 4.48. The topological polar surface area (TPSA) is 70.7 Å². The molecule has 0 aliphatic carbocycles. The minimum absolute atomic E-state index is 0.373. The molecule has 0 bridgehead atoms. The molecule has 5 aromatic rings. The van der Waals surface area contributed by atoms with E-state index in [1.165, 1.54) is 0 Å². The van der Waals surface area contributed by atoms with E-state index in [0.717, 1.165) is 39.4 Å². The van der Waals surface area contributed by atoms with E-state index in [2.05, 4.69) is 26.1 Å². The van der Waals surface area contributed by atoms with Crippen molar-refractivity contribution >= 4 is 11.0 Å². The second-order valence-electron chi connectivity index (χ2n) is 7.04. The van der Waals surface area contributed by atoms with Crippen LogP contribution in [0.3, 0.4) is 0 Å². The van der Waals surface area contributed by atoms with Gasteiger partial charge in [-0.3, -0.25) is 14.6 Å². The van der Waals surface area contributed by atoms with Crippen molar-refractivity contribution in [1.82, 2.24) is 29.3 Å². The monoisotopic (exact) mass is 396 g/mol. The Bertz CT molecular complexity index is 1310. The van der Waals surface area contributed by atoms with Crippen molar-refractivity contribution in [2.45, 2.75) is 6.61 Å². The smallest absolute Gasteiger partial charge is 0.147 e. The first-order valence-corrected chi connectivity index (χ1v) is 9.62. The van der Waals surface area contributed by atoms with Crippen molar-refractivity contribution in [3.63, 3.8) is 0 Å². The number of nitrogens with zero attached hydrogens (tertiary/aromatic N) is 6. The van der Waals surface area contributed by atoms with Gasteiger partial charge in [0.05, 0.1) is 22.9 Å². The SMILES string of the molecule is Cn1cc(-c2ccncc2)c(-c2ccc(OCc3nc4ccccc4n3C)cn2)n1. The minimum Gasteiger partial charge on any atom is -0.484 e. The van der Waals surface area contributed by atoms with Crippen molar-refractivity contribution in [1.29, 1.82) is 0 Å². The first kappa shape index (κ1) is 18.1. The van der Waals surface area contributed by atoms with Crippen molar-refractivity contribution in [3.05, 3.63) is 79.1 Å². The van der Waals surface area contributed by atoms with Gasteiger partial charge in [-0.05, 0) is 42.0 Å². The molecule has 0 atom stereocenters. The van der Waals surface area contributed by atoms with Crippen LogP contribution in [0.25, 0.3) is 33.5 Å². The molecule has 7 heteroatoms. The van der Waals surface area contributed by atoms with Crippen LogP contribution in [0.5, 0.6) is 5.75 Å². The summed E-state index contributed by atoms with van der Waals surface area (Å²) in [7, 11) is 3.90. The van der Waals surface area contributed by atoms with Crippen LogP contribution in [-0.2, 0) is 20.7 Å². The quantitative estimate of drug-likeness (QED) is 0.449. The van der Waals surface area contributed by atoms with Gasteiger partial charge in [0.2, 0.25) is 0 Å². The summed E-state index contributed by atoms with van der Waals surface area (Å²) >= 11 is 0. The number of aromatic nitrogens is 6. The van der Waals surface area contributed by atoms with Crippen LogP contribution in [0.2, 0.25) is 0 Å². The van der Waals surface area contributed by atoms with Crippen LogP contribution in [0.4, 0.5) is 0 Å². The molecular formula is C23H20N6O. The Balaban J connectivity index is 1.37. The largest absolute Gasteiger partial charge is 0.484 e. The summed E-state index contributed by atoms with van der Waals surface area (Å²) in [5.74, 6) is 1.55. The van der Waals surface area contributed by atoms with Crippen molar-refractivity contribution in [2.24, 2.45) is 14.1 Å². The van der Waals surface area contributed by atoms with E-state index < -0.39 is 0 Å². The third kappa shape index (κ3) is 3.30. The van der Waals surface area contributed by atoms with Gasteiger partial charge >= 0.3 is 0 Å². The first-order chi connectivity index (χ1) is 14.7. The third-order valence-corrected chi connectivity index (χ3v) is 5.05. The van der Waals surface area contributed by atoms with E-state index in [-0.39, 0.29) is 0 Å². The molecule has 0 radical (unpaired) electrons. The molecule has 0 aliphatic rings. The fraction of sp³-hybridized carbons (Fsp3) is 0.130. The number of imidazole rings is 1.